The van der Waals surface area contributed by atoms with Gasteiger partial charge >= 0.3 is 0 Å². The van der Waals surface area contributed by atoms with Gasteiger partial charge in [0, 0.05) is 12.1 Å². The lowest BCUT2D eigenvalue weighted by Gasteiger charge is -2.51. The van der Waals surface area contributed by atoms with Crippen molar-refractivity contribution in [2.45, 2.75) is 96.3 Å². The summed E-state index contributed by atoms with van der Waals surface area (Å²) in [5.74, 6) is 0.586. The summed E-state index contributed by atoms with van der Waals surface area (Å²) in [5.41, 5.74) is 2.25. The van der Waals surface area contributed by atoms with Crippen LogP contribution in [-0.4, -0.2) is 47.3 Å². The number of benzene rings is 2. The molecule has 1 aliphatic carbocycles. The molecule has 0 bridgehead atoms. The van der Waals surface area contributed by atoms with E-state index in [9.17, 15) is 5.11 Å². The third-order valence-electron chi connectivity index (χ3n) is 7.25. The number of nitrogens with zero attached hydrogens (tertiary/aromatic N) is 1. The zero-order valence-electron chi connectivity index (χ0n) is 20.7. The van der Waals surface area contributed by atoms with Crippen molar-refractivity contribution in [3.8, 4) is 0 Å². The van der Waals surface area contributed by atoms with Gasteiger partial charge in [-0.05, 0) is 50.2 Å². The number of hydrogen-bond acceptors (Lipinski definition) is 5. The Labute approximate surface area is 205 Å². The van der Waals surface area contributed by atoms with Gasteiger partial charge in [0.25, 0.3) is 0 Å². The molecule has 2 aromatic carbocycles. The van der Waals surface area contributed by atoms with E-state index in [-0.39, 0.29) is 24.4 Å². The molecule has 5 atom stereocenters. The summed E-state index contributed by atoms with van der Waals surface area (Å²) in [4.78, 5) is 2.48. The zero-order chi connectivity index (χ0) is 23.8. The van der Waals surface area contributed by atoms with Crippen molar-refractivity contribution in [2.75, 3.05) is 6.61 Å². The predicted octanol–water partition coefficient (Wildman–Crippen LogP) is 5.51. The van der Waals surface area contributed by atoms with Gasteiger partial charge in [0.2, 0.25) is 0 Å². The quantitative estimate of drug-likeness (QED) is 0.499. The van der Waals surface area contributed by atoms with E-state index in [1.165, 1.54) is 32.1 Å². The number of morpholine rings is 1. The average molecular weight is 468 g/mol. The highest BCUT2D eigenvalue weighted by atomic mass is 16.7. The summed E-state index contributed by atoms with van der Waals surface area (Å²) in [7, 11) is 0. The molecule has 2 unspecified atom stereocenters. The van der Waals surface area contributed by atoms with Crippen LogP contribution in [0.4, 0.5) is 0 Å². The van der Waals surface area contributed by atoms with Gasteiger partial charge in [-0.2, -0.15) is 0 Å². The first-order chi connectivity index (χ1) is 16.6. The number of ether oxygens (including phenoxy) is 3. The predicted molar refractivity (Wildman–Crippen MR) is 134 cm³/mol. The Bertz CT molecular complexity index is 825. The molecule has 5 nitrogen and oxygen atoms in total. The number of rotatable bonds is 10. The van der Waals surface area contributed by atoms with Crippen molar-refractivity contribution in [3.63, 3.8) is 0 Å². The summed E-state index contributed by atoms with van der Waals surface area (Å²) in [6.45, 7) is 5.69. The molecule has 2 aromatic rings. The van der Waals surface area contributed by atoms with Crippen LogP contribution in [0, 0.1) is 5.92 Å². The monoisotopic (exact) mass is 467 g/mol. The lowest BCUT2D eigenvalue weighted by molar-refractivity contribution is -0.307. The number of aliphatic hydroxyl groups excluding tert-OH is 1. The minimum absolute atomic E-state index is 0.152. The van der Waals surface area contributed by atoms with Gasteiger partial charge in [-0.3, -0.25) is 4.90 Å². The molecule has 34 heavy (non-hydrogen) atoms. The third kappa shape index (κ3) is 6.89. The topological polar surface area (TPSA) is 51.2 Å². The van der Waals surface area contributed by atoms with Crippen molar-refractivity contribution in [2.24, 2.45) is 5.92 Å². The first-order valence-electron chi connectivity index (χ1n) is 13.0. The molecule has 1 saturated carbocycles. The fourth-order valence-electron chi connectivity index (χ4n) is 5.59. The minimum Gasteiger partial charge on any atom is -0.393 e. The Morgan fingerprint density at radius 3 is 2.06 bits per heavy atom. The highest BCUT2D eigenvalue weighted by Gasteiger charge is 2.45. The summed E-state index contributed by atoms with van der Waals surface area (Å²) < 4.78 is 19.3. The molecule has 0 radical (unpaired) electrons. The molecule has 5 heteroatoms. The van der Waals surface area contributed by atoms with Gasteiger partial charge in [0.1, 0.15) is 0 Å². The maximum Gasteiger partial charge on any atom is 0.198 e. The molecule has 2 fully saturated rings. The Morgan fingerprint density at radius 2 is 1.47 bits per heavy atom. The SMILES string of the molecule is C[C@@H](O)C[C@H](C)N1C(C2CCCCC2)COC(OCc2ccccc2)[C@H]1OCc1ccccc1. The molecule has 186 valence electrons. The van der Waals surface area contributed by atoms with E-state index >= 15 is 0 Å². The lowest BCUT2D eigenvalue weighted by atomic mass is 9.82. The van der Waals surface area contributed by atoms with Gasteiger partial charge in [0.05, 0.1) is 25.9 Å². The second-order valence-corrected chi connectivity index (χ2v) is 10.0. The zero-order valence-corrected chi connectivity index (χ0v) is 20.7. The molecule has 1 aliphatic heterocycles. The Morgan fingerprint density at radius 1 is 0.882 bits per heavy atom. The van der Waals surface area contributed by atoms with Gasteiger partial charge in [-0.1, -0.05) is 79.9 Å². The van der Waals surface area contributed by atoms with Crippen molar-refractivity contribution < 1.29 is 19.3 Å². The largest absolute Gasteiger partial charge is 0.393 e. The maximum absolute atomic E-state index is 10.2. The normalized spacial score (nSPS) is 26.3. The van der Waals surface area contributed by atoms with Crippen LogP contribution in [0.5, 0.6) is 0 Å². The summed E-state index contributed by atoms with van der Waals surface area (Å²) in [6.07, 6.45) is 5.85. The van der Waals surface area contributed by atoms with Gasteiger partial charge in [-0.25, -0.2) is 0 Å². The number of aliphatic hydroxyl groups is 1. The molecular formula is C29H41NO4. The molecule has 0 amide bonds. The first kappa shape index (κ1) is 25.3. The molecule has 0 spiro atoms. The molecule has 1 heterocycles. The van der Waals surface area contributed by atoms with E-state index in [4.69, 9.17) is 14.2 Å². The molecule has 2 aliphatic rings. The first-order valence-corrected chi connectivity index (χ1v) is 13.0. The van der Waals surface area contributed by atoms with E-state index in [0.717, 1.165) is 11.1 Å². The van der Waals surface area contributed by atoms with Crippen molar-refractivity contribution >= 4 is 0 Å². The van der Waals surface area contributed by atoms with Crippen LogP contribution >= 0.6 is 0 Å². The second kappa shape index (κ2) is 12.8. The molecule has 0 aromatic heterocycles. The number of hydrogen-bond donors (Lipinski definition) is 1. The van der Waals surface area contributed by atoms with Gasteiger partial charge in [0.15, 0.2) is 12.5 Å². The minimum atomic E-state index is -0.486. The third-order valence-corrected chi connectivity index (χ3v) is 7.25. The molecule has 1 N–H and O–H groups in total. The van der Waals surface area contributed by atoms with Gasteiger partial charge in [-0.15, -0.1) is 0 Å². The fraction of sp³-hybridized carbons (Fsp3) is 0.586. The van der Waals surface area contributed by atoms with Crippen LogP contribution in [0.1, 0.15) is 63.5 Å². The van der Waals surface area contributed by atoms with Crippen LogP contribution < -0.4 is 0 Å². The van der Waals surface area contributed by atoms with E-state index in [1.807, 2.05) is 43.3 Å². The van der Waals surface area contributed by atoms with Crippen LogP contribution in [0.3, 0.4) is 0 Å². The standard InChI is InChI=1S/C29H41NO4/c1-22(18-23(2)31)30-27(26-16-10-5-11-17-26)21-34-29(33-20-25-14-8-4-9-15-25)28(30)32-19-24-12-6-3-7-13-24/h3-4,6-9,12-15,22-23,26-29,31H,5,10-11,16-21H2,1-2H3/t22-,23+,27?,28+,29?/m0/s1. The van der Waals surface area contributed by atoms with E-state index in [1.54, 1.807) is 0 Å². The van der Waals surface area contributed by atoms with E-state index in [0.29, 0.717) is 32.2 Å². The van der Waals surface area contributed by atoms with Crippen LogP contribution in [-0.2, 0) is 27.4 Å². The Balaban J connectivity index is 1.56. The fourth-order valence-corrected chi connectivity index (χ4v) is 5.59. The molecule has 4 rings (SSSR count). The van der Waals surface area contributed by atoms with Crippen LogP contribution in [0.2, 0.25) is 0 Å². The summed E-state index contributed by atoms with van der Waals surface area (Å²) >= 11 is 0. The summed E-state index contributed by atoms with van der Waals surface area (Å²) in [6, 6.07) is 20.9. The van der Waals surface area contributed by atoms with E-state index in [2.05, 4.69) is 36.1 Å². The van der Waals surface area contributed by atoms with Crippen molar-refractivity contribution in [1.29, 1.82) is 0 Å². The van der Waals surface area contributed by atoms with Crippen LogP contribution in [0.15, 0.2) is 60.7 Å². The average Bonchev–Trinajstić information content (AvgIpc) is 2.87. The highest BCUT2D eigenvalue weighted by Crippen LogP contribution is 2.36. The Kier molecular flexibility index (Phi) is 9.54. The second-order valence-electron chi connectivity index (χ2n) is 10.0. The smallest absolute Gasteiger partial charge is 0.198 e. The molecular weight excluding hydrogens is 426 g/mol. The van der Waals surface area contributed by atoms with Gasteiger partial charge < -0.3 is 19.3 Å². The Hall–Kier alpha value is -1.76. The highest BCUT2D eigenvalue weighted by molar-refractivity contribution is 5.14. The lowest BCUT2D eigenvalue weighted by Crippen LogP contribution is -2.63. The summed E-state index contributed by atoms with van der Waals surface area (Å²) in [5, 5.41) is 10.2. The van der Waals surface area contributed by atoms with Crippen molar-refractivity contribution in [1.82, 2.24) is 4.90 Å². The van der Waals surface area contributed by atoms with E-state index < -0.39 is 6.29 Å². The maximum atomic E-state index is 10.2. The van der Waals surface area contributed by atoms with Crippen LogP contribution in [0.25, 0.3) is 0 Å². The van der Waals surface area contributed by atoms with Crippen molar-refractivity contribution in [3.05, 3.63) is 71.8 Å². The molecule has 1 saturated heterocycles.